The van der Waals surface area contributed by atoms with Crippen molar-refractivity contribution in [3.8, 4) is 0 Å². The molecule has 0 spiro atoms. The van der Waals surface area contributed by atoms with E-state index in [1.54, 1.807) is 6.20 Å². The van der Waals surface area contributed by atoms with Gasteiger partial charge in [-0.05, 0) is 18.4 Å². The van der Waals surface area contributed by atoms with Gasteiger partial charge in [0.05, 0.1) is 23.1 Å². The molecular weight excluding hydrogens is 222 g/mol. The summed E-state index contributed by atoms with van der Waals surface area (Å²) in [7, 11) is 0. The van der Waals surface area contributed by atoms with Gasteiger partial charge in [-0.15, -0.1) is 0 Å². The Balaban J connectivity index is 1.78. The summed E-state index contributed by atoms with van der Waals surface area (Å²) in [4.78, 5) is 4.35. The molecule has 0 aliphatic heterocycles. The van der Waals surface area contributed by atoms with Gasteiger partial charge in [0.1, 0.15) is 0 Å². The van der Waals surface area contributed by atoms with E-state index >= 15 is 0 Å². The molecule has 0 bridgehead atoms. The zero-order chi connectivity index (χ0) is 12.4. The number of nitrogens with two attached hydrogens (primary N) is 1. The fourth-order valence-electron chi connectivity index (χ4n) is 2.54. The molecule has 3 nitrogen and oxygen atoms in total. The molecule has 0 atom stereocenters. The minimum absolute atomic E-state index is 0.738. The Morgan fingerprint density at radius 1 is 1.28 bits per heavy atom. The van der Waals surface area contributed by atoms with Crippen LogP contribution in [0, 0.1) is 5.92 Å². The number of nitrogen functional groups attached to an aromatic ring is 1. The van der Waals surface area contributed by atoms with Crippen LogP contribution >= 0.6 is 0 Å². The molecule has 1 aliphatic rings. The highest BCUT2D eigenvalue weighted by atomic mass is 14.9. The van der Waals surface area contributed by atoms with Gasteiger partial charge >= 0.3 is 0 Å². The Morgan fingerprint density at radius 3 is 2.89 bits per heavy atom. The lowest BCUT2D eigenvalue weighted by atomic mass is 9.83. The maximum Gasteiger partial charge on any atom is 0.0743 e. The van der Waals surface area contributed by atoms with Crippen molar-refractivity contribution in [2.45, 2.75) is 25.7 Å². The number of anilines is 2. The van der Waals surface area contributed by atoms with Crippen molar-refractivity contribution in [3.05, 3.63) is 30.5 Å². The molecule has 0 saturated heterocycles. The number of para-hydroxylation sites is 1. The molecule has 0 unspecified atom stereocenters. The first-order chi connectivity index (χ1) is 8.84. The minimum Gasteiger partial charge on any atom is -0.396 e. The molecule has 1 fully saturated rings. The fourth-order valence-corrected chi connectivity index (χ4v) is 2.54. The van der Waals surface area contributed by atoms with Crippen LogP contribution < -0.4 is 11.1 Å². The number of rotatable bonds is 4. The van der Waals surface area contributed by atoms with Gasteiger partial charge < -0.3 is 11.1 Å². The topological polar surface area (TPSA) is 50.9 Å². The number of pyridine rings is 1. The fraction of sp³-hybridized carbons (Fsp3) is 0.400. The van der Waals surface area contributed by atoms with Crippen LogP contribution in [0.3, 0.4) is 0 Å². The first-order valence-corrected chi connectivity index (χ1v) is 6.71. The summed E-state index contributed by atoms with van der Waals surface area (Å²) in [5.41, 5.74) is 8.80. The number of benzene rings is 1. The molecule has 1 saturated carbocycles. The van der Waals surface area contributed by atoms with Gasteiger partial charge in [0.15, 0.2) is 0 Å². The molecule has 1 aromatic carbocycles. The second-order valence-corrected chi connectivity index (χ2v) is 5.12. The number of nitrogens with zero attached hydrogens (tertiary/aromatic N) is 1. The monoisotopic (exact) mass is 241 g/mol. The van der Waals surface area contributed by atoms with Crippen LogP contribution in [0.5, 0.6) is 0 Å². The summed E-state index contributed by atoms with van der Waals surface area (Å²) >= 11 is 0. The Kier molecular flexibility index (Phi) is 3.05. The Bertz CT molecular complexity index is 546. The number of nitrogens with one attached hydrogen (secondary N) is 1. The van der Waals surface area contributed by atoms with Gasteiger partial charge in [0.25, 0.3) is 0 Å². The van der Waals surface area contributed by atoms with Gasteiger partial charge in [-0.2, -0.15) is 0 Å². The average Bonchev–Trinajstić information content (AvgIpc) is 2.34. The Hall–Kier alpha value is -1.77. The molecule has 3 N–H and O–H groups in total. The van der Waals surface area contributed by atoms with Crippen LogP contribution in [0.2, 0.25) is 0 Å². The molecule has 1 aromatic heterocycles. The number of hydrogen-bond donors (Lipinski definition) is 2. The van der Waals surface area contributed by atoms with E-state index < -0.39 is 0 Å². The first kappa shape index (κ1) is 11.3. The molecule has 3 rings (SSSR count). The van der Waals surface area contributed by atoms with Crippen molar-refractivity contribution in [2.75, 3.05) is 17.6 Å². The van der Waals surface area contributed by atoms with Crippen molar-refractivity contribution in [1.82, 2.24) is 4.98 Å². The van der Waals surface area contributed by atoms with E-state index in [1.807, 2.05) is 18.2 Å². The minimum atomic E-state index is 0.738. The van der Waals surface area contributed by atoms with Crippen LogP contribution in [-0.4, -0.2) is 11.5 Å². The largest absolute Gasteiger partial charge is 0.396 e. The number of aromatic nitrogens is 1. The maximum atomic E-state index is 6.03. The third kappa shape index (κ3) is 2.13. The summed E-state index contributed by atoms with van der Waals surface area (Å²) in [5, 5.41) is 4.61. The lowest BCUT2D eigenvalue weighted by molar-refractivity contribution is 0.303. The molecule has 0 radical (unpaired) electrons. The highest BCUT2D eigenvalue weighted by molar-refractivity contribution is 5.96. The van der Waals surface area contributed by atoms with E-state index in [0.717, 1.165) is 34.7 Å². The predicted octanol–water partition coefficient (Wildman–Crippen LogP) is 3.42. The second kappa shape index (κ2) is 4.84. The van der Waals surface area contributed by atoms with E-state index in [2.05, 4.69) is 16.4 Å². The highest BCUT2D eigenvalue weighted by Gasteiger charge is 2.16. The summed E-state index contributed by atoms with van der Waals surface area (Å²) in [6, 6.07) is 8.13. The lowest BCUT2D eigenvalue weighted by Gasteiger charge is -2.25. The third-order valence-electron chi connectivity index (χ3n) is 3.88. The Morgan fingerprint density at radius 2 is 2.11 bits per heavy atom. The highest BCUT2D eigenvalue weighted by Crippen LogP contribution is 2.31. The average molecular weight is 241 g/mol. The summed E-state index contributed by atoms with van der Waals surface area (Å²) in [5.74, 6) is 0.923. The van der Waals surface area contributed by atoms with Gasteiger partial charge in [0, 0.05) is 11.9 Å². The number of hydrogen-bond acceptors (Lipinski definition) is 3. The van der Waals surface area contributed by atoms with Crippen molar-refractivity contribution in [1.29, 1.82) is 0 Å². The summed E-state index contributed by atoms with van der Waals surface area (Å²) in [6.45, 7) is 1.00. The standard InChI is InChI=1S/C15H19N3/c16-13-10-18-14-7-2-1-6-12(14)15(13)17-9-8-11-4-3-5-11/h1-2,6-7,10-11H,3-5,8-9,16H2,(H,17,18). The molecule has 1 aliphatic carbocycles. The normalized spacial score (nSPS) is 15.6. The van der Waals surface area contributed by atoms with Crippen molar-refractivity contribution >= 4 is 22.3 Å². The van der Waals surface area contributed by atoms with E-state index in [-0.39, 0.29) is 0 Å². The molecule has 2 aromatic rings. The third-order valence-corrected chi connectivity index (χ3v) is 3.88. The smallest absolute Gasteiger partial charge is 0.0743 e. The molecule has 0 amide bonds. The van der Waals surface area contributed by atoms with Gasteiger partial charge in [0.2, 0.25) is 0 Å². The van der Waals surface area contributed by atoms with Crippen LogP contribution in [0.15, 0.2) is 30.5 Å². The molecule has 1 heterocycles. The summed E-state index contributed by atoms with van der Waals surface area (Å²) < 4.78 is 0. The molecule has 94 valence electrons. The SMILES string of the molecule is Nc1cnc2ccccc2c1NCCC1CCC1. The quantitative estimate of drug-likeness (QED) is 0.862. The maximum absolute atomic E-state index is 6.03. The second-order valence-electron chi connectivity index (χ2n) is 5.12. The van der Waals surface area contributed by atoms with E-state index in [0.29, 0.717) is 0 Å². The lowest BCUT2D eigenvalue weighted by Crippen LogP contribution is -2.16. The molecule has 18 heavy (non-hydrogen) atoms. The molecule has 3 heteroatoms. The summed E-state index contributed by atoms with van der Waals surface area (Å²) in [6.07, 6.45) is 7.19. The van der Waals surface area contributed by atoms with Gasteiger partial charge in [-0.1, -0.05) is 37.5 Å². The van der Waals surface area contributed by atoms with Crippen LogP contribution in [-0.2, 0) is 0 Å². The number of fused-ring (bicyclic) bond motifs is 1. The zero-order valence-electron chi connectivity index (χ0n) is 10.5. The first-order valence-electron chi connectivity index (χ1n) is 6.71. The van der Waals surface area contributed by atoms with Crippen LogP contribution in [0.25, 0.3) is 10.9 Å². The predicted molar refractivity (Wildman–Crippen MR) is 76.6 cm³/mol. The Labute approximate surface area is 107 Å². The van der Waals surface area contributed by atoms with Crippen molar-refractivity contribution < 1.29 is 0 Å². The van der Waals surface area contributed by atoms with Crippen molar-refractivity contribution in [2.24, 2.45) is 5.92 Å². The van der Waals surface area contributed by atoms with Gasteiger partial charge in [-0.25, -0.2) is 0 Å². The van der Waals surface area contributed by atoms with Gasteiger partial charge in [-0.3, -0.25) is 4.98 Å². The van der Waals surface area contributed by atoms with Crippen molar-refractivity contribution in [3.63, 3.8) is 0 Å². The van der Waals surface area contributed by atoms with Crippen LogP contribution in [0.1, 0.15) is 25.7 Å². The van der Waals surface area contributed by atoms with E-state index in [9.17, 15) is 0 Å². The molecular formula is C15H19N3. The zero-order valence-corrected chi connectivity index (χ0v) is 10.5. The van der Waals surface area contributed by atoms with E-state index in [4.69, 9.17) is 5.73 Å². The van der Waals surface area contributed by atoms with Crippen LogP contribution in [0.4, 0.5) is 11.4 Å². The van der Waals surface area contributed by atoms with E-state index in [1.165, 1.54) is 25.7 Å².